The molecule has 2 N–H and O–H groups in total. The third kappa shape index (κ3) is 2.62. The molecule has 0 atom stereocenters. The minimum Gasteiger partial charge on any atom is -0.464 e. The molecule has 0 aliphatic heterocycles. The number of rotatable bonds is 2. The summed E-state index contributed by atoms with van der Waals surface area (Å²) in [6.07, 6.45) is 1.49. The van der Waals surface area contributed by atoms with Crippen molar-refractivity contribution in [2.24, 2.45) is 0 Å². The summed E-state index contributed by atoms with van der Waals surface area (Å²) >= 11 is 13.0. The van der Waals surface area contributed by atoms with Crippen LogP contribution in [-0.4, -0.2) is 17.6 Å². The van der Waals surface area contributed by atoms with E-state index in [9.17, 15) is 4.79 Å². The van der Waals surface area contributed by atoms with Gasteiger partial charge in [-0.1, -0.05) is 11.6 Å². The Morgan fingerprint density at radius 2 is 2.14 bits per heavy atom. The van der Waals surface area contributed by atoms with Crippen molar-refractivity contribution in [2.75, 3.05) is 12.8 Å². The lowest BCUT2D eigenvalue weighted by atomic mass is 10.2. The number of halogens is 3. The van der Waals surface area contributed by atoms with E-state index in [0.29, 0.717) is 19.7 Å². The molecule has 1 heterocycles. The smallest absolute Gasteiger partial charge is 0.357 e. The highest BCUT2D eigenvalue weighted by molar-refractivity contribution is 9.11. The van der Waals surface area contributed by atoms with E-state index in [1.54, 1.807) is 6.07 Å². The van der Waals surface area contributed by atoms with Crippen LogP contribution >= 0.6 is 43.5 Å². The van der Waals surface area contributed by atoms with Crippen LogP contribution in [0.5, 0.6) is 0 Å². The normalized spacial score (nSPS) is 10.4. The first-order chi connectivity index (χ1) is 10.3. The number of carbonyl (C=O) groups is 1. The molecule has 2 rings (SSSR count). The summed E-state index contributed by atoms with van der Waals surface area (Å²) in [4.78, 5) is 12.0. The van der Waals surface area contributed by atoms with Gasteiger partial charge in [-0.05, 0) is 50.4 Å². The fraction of sp³-hybridized carbons (Fsp3) is 0.143. The average molecular weight is 448 g/mol. The third-order valence-electron chi connectivity index (χ3n) is 3.16. The predicted molar refractivity (Wildman–Crippen MR) is 91.4 cm³/mol. The van der Waals surface area contributed by atoms with Gasteiger partial charge in [0.2, 0.25) is 0 Å². The van der Waals surface area contributed by atoms with E-state index in [-0.39, 0.29) is 16.9 Å². The molecule has 0 unspecified atom stereocenters. The molecule has 1 aromatic heterocycles. The lowest BCUT2D eigenvalue weighted by Gasteiger charge is -2.15. The Kier molecular flexibility index (Phi) is 4.85. The number of nitrogens with two attached hydrogens (primary N) is 1. The Bertz CT molecular complexity index is 825. The fourth-order valence-electron chi connectivity index (χ4n) is 1.99. The monoisotopic (exact) mass is 445 g/mol. The van der Waals surface area contributed by atoms with Crippen LogP contribution < -0.4 is 5.73 Å². The largest absolute Gasteiger partial charge is 0.464 e. The molecule has 0 bridgehead atoms. The van der Waals surface area contributed by atoms with Gasteiger partial charge in [0, 0.05) is 20.2 Å². The highest BCUT2D eigenvalue weighted by atomic mass is 79.9. The molecule has 0 amide bonds. The van der Waals surface area contributed by atoms with Gasteiger partial charge in [0.15, 0.2) is 5.69 Å². The maximum Gasteiger partial charge on any atom is 0.357 e. The van der Waals surface area contributed by atoms with Crippen molar-refractivity contribution >= 4 is 55.1 Å². The van der Waals surface area contributed by atoms with Crippen LogP contribution in [0.25, 0.3) is 5.69 Å². The quantitative estimate of drug-likeness (QED) is 0.700. The number of nitriles is 1. The molecule has 0 spiro atoms. The molecule has 114 valence electrons. The number of carbonyl (C=O) groups excluding carboxylic acids is 1. The number of anilines is 1. The van der Waals surface area contributed by atoms with E-state index in [2.05, 4.69) is 31.9 Å². The number of benzene rings is 1. The highest BCUT2D eigenvalue weighted by Crippen LogP contribution is 2.38. The second-order valence-electron chi connectivity index (χ2n) is 4.41. The summed E-state index contributed by atoms with van der Waals surface area (Å²) in [7, 11) is 1.25. The van der Waals surface area contributed by atoms with E-state index < -0.39 is 5.97 Å². The molecule has 2 aromatic rings. The van der Waals surface area contributed by atoms with Gasteiger partial charge in [-0.25, -0.2) is 4.79 Å². The van der Waals surface area contributed by atoms with Gasteiger partial charge in [-0.3, -0.25) is 0 Å². The molecular formula is C14H10Br2ClN3O2. The van der Waals surface area contributed by atoms with Crippen molar-refractivity contribution in [3.8, 4) is 11.8 Å². The highest BCUT2D eigenvalue weighted by Gasteiger charge is 2.25. The summed E-state index contributed by atoms with van der Waals surface area (Å²) in [6.45, 7) is 1.83. The molecule has 0 saturated carbocycles. The minimum absolute atomic E-state index is 0.0701. The third-order valence-corrected chi connectivity index (χ3v) is 5.13. The zero-order valence-electron chi connectivity index (χ0n) is 11.6. The van der Waals surface area contributed by atoms with Crippen molar-refractivity contribution in [3.05, 3.63) is 43.1 Å². The standard InChI is InChI=1S/C14H10Br2ClN3O2/c1-6-9(17)3-8(15)12(10(6)16)20-5-7(4-18)11(19)13(20)14(21)22-2/h3,5H,19H2,1-2H3. The lowest BCUT2D eigenvalue weighted by Crippen LogP contribution is -2.12. The van der Waals surface area contributed by atoms with Crippen LogP contribution in [-0.2, 0) is 4.74 Å². The predicted octanol–water partition coefficient (Wildman–Crippen LogP) is 4.20. The van der Waals surface area contributed by atoms with Gasteiger partial charge in [0.05, 0.1) is 24.0 Å². The molecule has 0 aliphatic carbocycles. The summed E-state index contributed by atoms with van der Waals surface area (Å²) in [5.74, 6) is -0.634. The van der Waals surface area contributed by atoms with Gasteiger partial charge in [0.1, 0.15) is 6.07 Å². The van der Waals surface area contributed by atoms with E-state index in [4.69, 9.17) is 27.3 Å². The Labute approximate surface area is 148 Å². The van der Waals surface area contributed by atoms with Crippen LogP contribution in [0.15, 0.2) is 21.2 Å². The van der Waals surface area contributed by atoms with E-state index in [1.165, 1.54) is 17.9 Å². The number of hydrogen-bond donors (Lipinski definition) is 1. The van der Waals surface area contributed by atoms with Gasteiger partial charge in [0.25, 0.3) is 0 Å². The van der Waals surface area contributed by atoms with Gasteiger partial charge in [-0.2, -0.15) is 5.26 Å². The fourth-order valence-corrected chi connectivity index (χ4v) is 3.94. The number of hydrogen-bond acceptors (Lipinski definition) is 4. The van der Waals surface area contributed by atoms with E-state index >= 15 is 0 Å². The molecule has 0 saturated heterocycles. The van der Waals surface area contributed by atoms with Crippen molar-refractivity contribution in [3.63, 3.8) is 0 Å². The van der Waals surface area contributed by atoms with Crippen molar-refractivity contribution in [2.45, 2.75) is 6.92 Å². The molecular weight excluding hydrogens is 437 g/mol. The Morgan fingerprint density at radius 3 is 2.68 bits per heavy atom. The Balaban J connectivity index is 2.88. The maximum absolute atomic E-state index is 12.0. The second kappa shape index (κ2) is 6.32. The van der Waals surface area contributed by atoms with Crippen molar-refractivity contribution < 1.29 is 9.53 Å². The maximum atomic E-state index is 12.0. The van der Waals surface area contributed by atoms with Crippen molar-refractivity contribution in [1.82, 2.24) is 4.57 Å². The number of ether oxygens (including phenoxy) is 1. The average Bonchev–Trinajstić information content (AvgIpc) is 2.80. The zero-order chi connectivity index (χ0) is 16.6. The van der Waals surface area contributed by atoms with Crippen LogP contribution in [0.1, 0.15) is 21.6 Å². The molecule has 5 nitrogen and oxygen atoms in total. The van der Waals surface area contributed by atoms with Gasteiger partial charge >= 0.3 is 5.97 Å². The minimum atomic E-state index is -0.634. The second-order valence-corrected chi connectivity index (χ2v) is 6.46. The first-order valence-electron chi connectivity index (χ1n) is 5.97. The topological polar surface area (TPSA) is 81.0 Å². The van der Waals surface area contributed by atoms with Gasteiger partial charge in [-0.15, -0.1) is 0 Å². The number of nitrogen functional groups attached to an aromatic ring is 1. The first-order valence-corrected chi connectivity index (χ1v) is 7.93. The van der Waals surface area contributed by atoms with Gasteiger partial charge < -0.3 is 15.0 Å². The molecule has 0 fully saturated rings. The lowest BCUT2D eigenvalue weighted by molar-refractivity contribution is 0.0593. The summed E-state index contributed by atoms with van der Waals surface area (Å²) < 4.78 is 7.59. The molecule has 0 radical (unpaired) electrons. The zero-order valence-corrected chi connectivity index (χ0v) is 15.5. The van der Waals surface area contributed by atoms with Crippen LogP contribution in [0.4, 0.5) is 5.69 Å². The summed E-state index contributed by atoms with van der Waals surface area (Å²) in [5, 5.41) is 9.71. The molecule has 8 heteroatoms. The SMILES string of the molecule is COC(=O)c1c(N)c(C#N)cn1-c1c(Br)cc(Cl)c(C)c1Br. The number of esters is 1. The van der Waals surface area contributed by atoms with Crippen LogP contribution in [0, 0.1) is 18.3 Å². The number of aromatic nitrogens is 1. The first kappa shape index (κ1) is 16.9. The van der Waals surface area contributed by atoms with E-state index in [1.807, 2.05) is 13.0 Å². The van der Waals surface area contributed by atoms with Crippen molar-refractivity contribution in [1.29, 1.82) is 5.26 Å². The number of methoxy groups -OCH3 is 1. The Morgan fingerprint density at radius 1 is 1.50 bits per heavy atom. The Hall–Kier alpha value is -1.49. The van der Waals surface area contributed by atoms with E-state index in [0.717, 1.165) is 5.56 Å². The molecule has 1 aromatic carbocycles. The van der Waals surface area contributed by atoms with Crippen LogP contribution in [0.2, 0.25) is 5.02 Å². The summed E-state index contributed by atoms with van der Waals surface area (Å²) in [6, 6.07) is 3.67. The molecule has 22 heavy (non-hydrogen) atoms. The number of nitrogens with zero attached hydrogens (tertiary/aromatic N) is 2. The van der Waals surface area contributed by atoms with Crippen LogP contribution in [0.3, 0.4) is 0 Å². The molecule has 0 aliphatic rings. The summed E-state index contributed by atoms with van der Waals surface area (Å²) in [5.41, 5.74) is 7.64.